The number of carbonyl (C=O) groups excluding carboxylic acids is 3. The van der Waals surface area contributed by atoms with Crippen LogP contribution in [0.5, 0.6) is 11.5 Å². The Morgan fingerprint density at radius 2 is 1.50 bits per heavy atom. The zero-order chi connectivity index (χ0) is 14.4. The van der Waals surface area contributed by atoms with E-state index in [1.54, 1.807) is 0 Å². The van der Waals surface area contributed by atoms with Crippen molar-refractivity contribution in [3.8, 4) is 11.5 Å². The van der Waals surface area contributed by atoms with Crippen molar-refractivity contribution in [3.05, 3.63) is 58.1 Å². The highest BCUT2D eigenvalue weighted by molar-refractivity contribution is 6.30. The molecule has 3 rings (SSSR count). The lowest BCUT2D eigenvalue weighted by Gasteiger charge is -2.19. The number of phenols is 2. The topological polar surface area (TPSA) is 91.7 Å². The van der Waals surface area contributed by atoms with Gasteiger partial charge in [0.25, 0.3) is 0 Å². The zero-order valence-corrected chi connectivity index (χ0v) is 10.1. The van der Waals surface area contributed by atoms with Gasteiger partial charge in [0.1, 0.15) is 11.5 Å². The standard InChI is InChI=1S/C15H8O5/c16-6-7-4-5-9-12(13(7)18)15(20)8-2-1-3-10(17)11(8)14(9)19/h1-6,17-18H. The summed E-state index contributed by atoms with van der Waals surface area (Å²) in [6, 6.07) is 6.70. The summed E-state index contributed by atoms with van der Waals surface area (Å²) >= 11 is 0. The smallest absolute Gasteiger partial charge is 0.198 e. The average Bonchev–Trinajstić information content (AvgIpc) is 2.44. The molecule has 0 radical (unpaired) electrons. The molecule has 0 saturated carbocycles. The number of carbonyl (C=O) groups is 3. The Hall–Kier alpha value is -2.95. The maximum Gasteiger partial charge on any atom is 0.198 e. The molecule has 0 spiro atoms. The predicted molar refractivity (Wildman–Crippen MR) is 68.5 cm³/mol. The summed E-state index contributed by atoms with van der Waals surface area (Å²) in [6.07, 6.45) is 0.408. The molecule has 0 atom stereocenters. The maximum atomic E-state index is 12.4. The van der Waals surface area contributed by atoms with Crippen molar-refractivity contribution < 1.29 is 24.6 Å². The van der Waals surface area contributed by atoms with E-state index in [1.165, 1.54) is 30.3 Å². The summed E-state index contributed by atoms with van der Waals surface area (Å²) in [7, 11) is 0. The zero-order valence-electron chi connectivity index (χ0n) is 10.1. The highest BCUT2D eigenvalue weighted by atomic mass is 16.3. The molecule has 2 aromatic carbocycles. The molecule has 1 aliphatic carbocycles. The summed E-state index contributed by atoms with van der Waals surface area (Å²) in [5, 5.41) is 19.7. The lowest BCUT2D eigenvalue weighted by Crippen LogP contribution is -2.21. The number of hydrogen-bond donors (Lipinski definition) is 2. The van der Waals surface area contributed by atoms with E-state index in [0.717, 1.165) is 0 Å². The fourth-order valence-corrected chi connectivity index (χ4v) is 2.36. The van der Waals surface area contributed by atoms with Gasteiger partial charge < -0.3 is 10.2 Å². The molecule has 1 aliphatic rings. The van der Waals surface area contributed by atoms with Crippen LogP contribution in [-0.4, -0.2) is 28.1 Å². The van der Waals surface area contributed by atoms with E-state index in [0.29, 0.717) is 6.29 Å². The summed E-state index contributed by atoms with van der Waals surface area (Å²) in [6.45, 7) is 0. The van der Waals surface area contributed by atoms with Gasteiger partial charge in [0, 0.05) is 11.1 Å². The summed E-state index contributed by atoms with van der Waals surface area (Å²) in [5.41, 5.74) is -0.345. The van der Waals surface area contributed by atoms with Gasteiger partial charge in [-0.3, -0.25) is 14.4 Å². The van der Waals surface area contributed by atoms with Gasteiger partial charge in [0.05, 0.1) is 16.7 Å². The Balaban J connectivity index is 2.38. The van der Waals surface area contributed by atoms with E-state index >= 15 is 0 Å². The first-order valence-corrected chi connectivity index (χ1v) is 5.78. The first-order valence-electron chi connectivity index (χ1n) is 5.78. The van der Waals surface area contributed by atoms with Crippen molar-refractivity contribution >= 4 is 17.9 Å². The van der Waals surface area contributed by atoms with Crippen molar-refractivity contribution in [1.82, 2.24) is 0 Å². The lowest BCUT2D eigenvalue weighted by atomic mass is 9.82. The van der Waals surface area contributed by atoms with E-state index < -0.39 is 17.3 Å². The summed E-state index contributed by atoms with van der Waals surface area (Å²) in [4.78, 5) is 35.5. The number of aromatic hydroxyl groups is 2. The van der Waals surface area contributed by atoms with Gasteiger partial charge in [-0.05, 0) is 18.2 Å². The average molecular weight is 268 g/mol. The molecule has 0 saturated heterocycles. The minimum Gasteiger partial charge on any atom is -0.507 e. The third kappa shape index (κ3) is 1.40. The Kier molecular flexibility index (Phi) is 2.44. The van der Waals surface area contributed by atoms with Crippen molar-refractivity contribution in [3.63, 3.8) is 0 Å². The maximum absolute atomic E-state index is 12.4. The third-order valence-corrected chi connectivity index (χ3v) is 3.32. The largest absolute Gasteiger partial charge is 0.507 e. The second kappa shape index (κ2) is 4.03. The van der Waals surface area contributed by atoms with Crippen LogP contribution in [0.2, 0.25) is 0 Å². The van der Waals surface area contributed by atoms with Gasteiger partial charge in [-0.15, -0.1) is 0 Å². The summed E-state index contributed by atoms with van der Waals surface area (Å²) < 4.78 is 0. The van der Waals surface area contributed by atoms with Crippen LogP contribution in [0, 0.1) is 0 Å². The normalized spacial score (nSPS) is 12.8. The van der Waals surface area contributed by atoms with Crippen LogP contribution in [-0.2, 0) is 0 Å². The van der Waals surface area contributed by atoms with Crippen LogP contribution in [0.3, 0.4) is 0 Å². The van der Waals surface area contributed by atoms with Crippen molar-refractivity contribution in [2.75, 3.05) is 0 Å². The van der Waals surface area contributed by atoms with Crippen LogP contribution in [0.15, 0.2) is 30.3 Å². The van der Waals surface area contributed by atoms with Crippen LogP contribution < -0.4 is 0 Å². The van der Waals surface area contributed by atoms with Gasteiger partial charge in [-0.1, -0.05) is 12.1 Å². The Morgan fingerprint density at radius 3 is 2.20 bits per heavy atom. The van der Waals surface area contributed by atoms with Crippen LogP contribution in [0.1, 0.15) is 42.2 Å². The Bertz CT molecular complexity index is 789. The number of ketones is 2. The van der Waals surface area contributed by atoms with Crippen LogP contribution in [0.25, 0.3) is 0 Å². The van der Waals surface area contributed by atoms with E-state index in [1.807, 2.05) is 0 Å². The Morgan fingerprint density at radius 1 is 0.850 bits per heavy atom. The second-order valence-electron chi connectivity index (χ2n) is 4.40. The van der Waals surface area contributed by atoms with Crippen molar-refractivity contribution in [2.45, 2.75) is 0 Å². The second-order valence-corrected chi connectivity index (χ2v) is 4.40. The van der Waals surface area contributed by atoms with Crippen LogP contribution in [0.4, 0.5) is 0 Å². The molecule has 0 heterocycles. The molecule has 0 fully saturated rings. The summed E-state index contributed by atoms with van der Waals surface area (Å²) in [5.74, 6) is -1.94. The number of fused-ring (bicyclic) bond motifs is 2. The molecule has 0 unspecified atom stereocenters. The highest BCUT2D eigenvalue weighted by Crippen LogP contribution is 2.37. The van der Waals surface area contributed by atoms with E-state index in [9.17, 15) is 24.6 Å². The van der Waals surface area contributed by atoms with E-state index in [-0.39, 0.29) is 33.6 Å². The lowest BCUT2D eigenvalue weighted by molar-refractivity contribution is 0.0973. The molecule has 2 aromatic rings. The monoisotopic (exact) mass is 268 g/mol. The van der Waals surface area contributed by atoms with Gasteiger partial charge >= 0.3 is 0 Å². The quantitative estimate of drug-likeness (QED) is 0.655. The molecule has 5 heteroatoms. The van der Waals surface area contributed by atoms with Gasteiger partial charge in [0.2, 0.25) is 0 Å². The number of phenolic OH excluding ortho intramolecular Hbond substituents is 2. The molecule has 20 heavy (non-hydrogen) atoms. The minimum atomic E-state index is -0.591. The first-order chi connectivity index (χ1) is 9.56. The van der Waals surface area contributed by atoms with E-state index in [2.05, 4.69) is 0 Å². The van der Waals surface area contributed by atoms with Crippen molar-refractivity contribution in [1.29, 1.82) is 0 Å². The molecule has 0 aromatic heterocycles. The first kappa shape index (κ1) is 12.1. The molecule has 98 valence electrons. The molecular weight excluding hydrogens is 260 g/mol. The van der Waals surface area contributed by atoms with Crippen LogP contribution >= 0.6 is 0 Å². The number of benzene rings is 2. The molecule has 2 N–H and O–H groups in total. The third-order valence-electron chi connectivity index (χ3n) is 3.32. The van der Waals surface area contributed by atoms with Gasteiger partial charge in [-0.25, -0.2) is 0 Å². The molecule has 0 amide bonds. The fourth-order valence-electron chi connectivity index (χ4n) is 2.36. The fraction of sp³-hybridized carbons (Fsp3) is 0. The molecule has 5 nitrogen and oxygen atoms in total. The molecule has 0 aliphatic heterocycles. The number of hydrogen-bond acceptors (Lipinski definition) is 5. The highest BCUT2D eigenvalue weighted by Gasteiger charge is 2.34. The molecule has 0 bridgehead atoms. The molecular formula is C15H8O5. The SMILES string of the molecule is O=Cc1ccc2c(c1O)C(=O)c1cccc(O)c1C2=O. The number of rotatable bonds is 1. The van der Waals surface area contributed by atoms with Gasteiger partial charge in [-0.2, -0.15) is 0 Å². The minimum absolute atomic E-state index is 0.0147. The van der Waals surface area contributed by atoms with Crippen molar-refractivity contribution in [2.24, 2.45) is 0 Å². The Labute approximate surface area is 113 Å². The van der Waals surface area contributed by atoms with Gasteiger partial charge in [0.15, 0.2) is 17.9 Å². The predicted octanol–water partition coefficient (Wildman–Crippen LogP) is 1.69. The van der Waals surface area contributed by atoms with E-state index in [4.69, 9.17) is 0 Å². The number of aldehydes is 1.